The van der Waals surface area contributed by atoms with Gasteiger partial charge in [-0.25, -0.2) is 9.78 Å². The minimum Gasteiger partial charge on any atom is -0.444 e. The summed E-state index contributed by atoms with van der Waals surface area (Å²) in [5, 5.41) is 0.396. The predicted octanol–water partition coefficient (Wildman–Crippen LogP) is 4.40. The van der Waals surface area contributed by atoms with Gasteiger partial charge in [-0.1, -0.05) is 23.9 Å². The van der Waals surface area contributed by atoms with E-state index in [-0.39, 0.29) is 6.09 Å². The van der Waals surface area contributed by atoms with E-state index >= 15 is 0 Å². The van der Waals surface area contributed by atoms with E-state index in [1.807, 2.05) is 39.0 Å². The minimum atomic E-state index is -0.435. The van der Waals surface area contributed by atoms with Gasteiger partial charge in [0.2, 0.25) is 0 Å². The molecule has 3 rings (SSSR count). The van der Waals surface area contributed by atoms with Crippen LogP contribution in [0.5, 0.6) is 0 Å². The van der Waals surface area contributed by atoms with Crippen molar-refractivity contribution in [2.45, 2.75) is 42.4 Å². The molecular formula is C16H20N2O2S2. The molecule has 6 heteroatoms. The molecule has 22 heavy (non-hydrogen) atoms. The lowest BCUT2D eigenvalue weighted by molar-refractivity contribution is 0.0295. The van der Waals surface area contributed by atoms with Crippen LogP contribution in [0.2, 0.25) is 0 Å². The molecule has 0 bridgehead atoms. The van der Waals surface area contributed by atoms with E-state index in [2.05, 4.69) is 11.1 Å². The first-order valence-corrected chi connectivity index (χ1v) is 9.10. The highest BCUT2D eigenvalue weighted by Gasteiger charge is 2.30. The minimum absolute atomic E-state index is 0.208. The number of nitrogens with zero attached hydrogens (tertiary/aromatic N) is 2. The molecule has 0 radical (unpaired) electrons. The first-order valence-electron chi connectivity index (χ1n) is 7.41. The number of para-hydroxylation sites is 1. The summed E-state index contributed by atoms with van der Waals surface area (Å²) in [4.78, 5) is 18.5. The van der Waals surface area contributed by atoms with Gasteiger partial charge in [-0.2, -0.15) is 0 Å². The predicted molar refractivity (Wildman–Crippen MR) is 91.7 cm³/mol. The van der Waals surface area contributed by atoms with Crippen LogP contribution in [-0.4, -0.2) is 39.9 Å². The Kier molecular flexibility index (Phi) is 4.32. The van der Waals surface area contributed by atoms with Crippen LogP contribution in [0.3, 0.4) is 0 Å². The molecule has 1 atom stereocenters. The van der Waals surface area contributed by atoms with Crippen LogP contribution in [0.4, 0.5) is 4.79 Å². The van der Waals surface area contributed by atoms with Crippen LogP contribution in [0.15, 0.2) is 28.6 Å². The number of fused-ring (bicyclic) bond motifs is 1. The third-order valence-corrected chi connectivity index (χ3v) is 5.72. The number of hydrogen-bond donors (Lipinski definition) is 0. The maximum atomic E-state index is 12.1. The summed E-state index contributed by atoms with van der Waals surface area (Å²) in [7, 11) is 0. The van der Waals surface area contributed by atoms with E-state index in [9.17, 15) is 4.79 Å². The van der Waals surface area contributed by atoms with E-state index in [0.717, 1.165) is 29.4 Å². The summed E-state index contributed by atoms with van der Waals surface area (Å²) < 4.78 is 7.73. The average Bonchev–Trinajstić information content (AvgIpc) is 3.02. The molecular weight excluding hydrogens is 316 g/mol. The lowest BCUT2D eigenvalue weighted by Crippen LogP contribution is -2.35. The molecule has 0 spiro atoms. The topological polar surface area (TPSA) is 42.4 Å². The standard InChI is InChI=1S/C16H20N2O2S2/c1-16(2,3)20-15(19)18-9-8-11(10-18)21-14-17-12-6-4-5-7-13(12)22-14/h4-7,11H,8-10H2,1-3H3/t11-/m0/s1. The Morgan fingerprint density at radius 3 is 2.91 bits per heavy atom. The Morgan fingerprint density at radius 2 is 2.18 bits per heavy atom. The van der Waals surface area contributed by atoms with E-state index in [4.69, 9.17) is 4.74 Å². The summed E-state index contributed by atoms with van der Waals surface area (Å²) in [5.41, 5.74) is 0.618. The molecule has 118 valence electrons. The third-order valence-electron chi connectivity index (χ3n) is 3.34. The molecule has 1 aromatic carbocycles. The van der Waals surface area contributed by atoms with Crippen molar-refractivity contribution >= 4 is 39.4 Å². The number of rotatable bonds is 2. The molecule has 0 unspecified atom stereocenters. The van der Waals surface area contributed by atoms with E-state index < -0.39 is 5.60 Å². The Morgan fingerprint density at radius 1 is 1.41 bits per heavy atom. The summed E-state index contributed by atoms with van der Waals surface area (Å²) in [6.45, 7) is 7.18. The number of carbonyl (C=O) groups excluding carboxylic acids is 1. The normalized spacial score (nSPS) is 18.9. The fourth-order valence-corrected chi connectivity index (χ4v) is 4.84. The van der Waals surface area contributed by atoms with Crippen molar-refractivity contribution in [2.24, 2.45) is 0 Å². The second kappa shape index (κ2) is 6.08. The summed E-state index contributed by atoms with van der Waals surface area (Å²) >= 11 is 3.49. The number of thioether (sulfide) groups is 1. The molecule has 1 aliphatic heterocycles. The van der Waals surface area contributed by atoms with Gasteiger partial charge in [-0.05, 0) is 39.3 Å². The van der Waals surface area contributed by atoms with Crippen molar-refractivity contribution in [3.05, 3.63) is 24.3 Å². The fourth-order valence-electron chi connectivity index (χ4n) is 2.36. The molecule has 0 N–H and O–H groups in total. The van der Waals surface area contributed by atoms with Crippen molar-refractivity contribution in [1.82, 2.24) is 9.88 Å². The van der Waals surface area contributed by atoms with Gasteiger partial charge in [0.05, 0.1) is 10.2 Å². The highest BCUT2D eigenvalue weighted by Crippen LogP contribution is 2.35. The first kappa shape index (κ1) is 15.6. The van der Waals surface area contributed by atoms with E-state index in [1.54, 1.807) is 28.0 Å². The second-order valence-electron chi connectivity index (χ2n) is 6.40. The number of benzene rings is 1. The largest absolute Gasteiger partial charge is 0.444 e. The molecule has 2 heterocycles. The van der Waals surface area contributed by atoms with Gasteiger partial charge in [0.15, 0.2) is 4.34 Å². The highest BCUT2D eigenvalue weighted by molar-refractivity contribution is 8.01. The zero-order valence-corrected chi connectivity index (χ0v) is 14.7. The maximum absolute atomic E-state index is 12.1. The quantitative estimate of drug-likeness (QED) is 0.815. The fraction of sp³-hybridized carbons (Fsp3) is 0.500. The van der Waals surface area contributed by atoms with Gasteiger partial charge >= 0.3 is 6.09 Å². The Hall–Kier alpha value is -1.27. The number of aromatic nitrogens is 1. The van der Waals surface area contributed by atoms with Gasteiger partial charge < -0.3 is 9.64 Å². The smallest absolute Gasteiger partial charge is 0.410 e. The Bertz CT molecular complexity index is 645. The second-order valence-corrected chi connectivity index (χ2v) is 8.98. The van der Waals surface area contributed by atoms with Crippen LogP contribution in [0, 0.1) is 0 Å². The average molecular weight is 336 g/mol. The zero-order valence-electron chi connectivity index (χ0n) is 13.0. The first-order chi connectivity index (χ1) is 10.4. The Labute approximate surface area is 138 Å². The molecule has 1 saturated heterocycles. The highest BCUT2D eigenvalue weighted by atomic mass is 32.2. The molecule has 1 amide bonds. The lowest BCUT2D eigenvalue weighted by Gasteiger charge is -2.24. The number of likely N-dealkylation sites (tertiary alicyclic amines) is 1. The Balaban J connectivity index is 1.60. The van der Waals surface area contributed by atoms with Crippen LogP contribution in [0.25, 0.3) is 10.2 Å². The van der Waals surface area contributed by atoms with Crippen LogP contribution in [-0.2, 0) is 4.74 Å². The lowest BCUT2D eigenvalue weighted by atomic mass is 10.2. The third kappa shape index (κ3) is 3.73. The monoisotopic (exact) mass is 336 g/mol. The molecule has 4 nitrogen and oxygen atoms in total. The van der Waals surface area contributed by atoms with Gasteiger partial charge in [-0.15, -0.1) is 11.3 Å². The van der Waals surface area contributed by atoms with Crippen LogP contribution >= 0.6 is 23.1 Å². The van der Waals surface area contributed by atoms with Crippen LogP contribution in [0.1, 0.15) is 27.2 Å². The number of hydrogen-bond acceptors (Lipinski definition) is 5. The van der Waals surface area contributed by atoms with Gasteiger partial charge in [0.25, 0.3) is 0 Å². The van der Waals surface area contributed by atoms with Gasteiger partial charge in [0.1, 0.15) is 5.60 Å². The molecule has 1 fully saturated rings. The van der Waals surface area contributed by atoms with Gasteiger partial charge in [0, 0.05) is 18.3 Å². The van der Waals surface area contributed by atoms with Crippen molar-refractivity contribution in [2.75, 3.05) is 13.1 Å². The van der Waals surface area contributed by atoms with E-state index in [0.29, 0.717) is 5.25 Å². The van der Waals surface area contributed by atoms with Crippen molar-refractivity contribution in [3.63, 3.8) is 0 Å². The maximum Gasteiger partial charge on any atom is 0.410 e. The molecule has 0 aliphatic carbocycles. The van der Waals surface area contributed by atoms with Crippen molar-refractivity contribution < 1.29 is 9.53 Å². The summed E-state index contributed by atoms with van der Waals surface area (Å²) in [5.74, 6) is 0. The molecule has 1 aliphatic rings. The number of ether oxygens (including phenoxy) is 1. The number of amides is 1. The number of carbonyl (C=O) groups is 1. The molecule has 2 aromatic rings. The zero-order chi connectivity index (χ0) is 15.7. The molecule has 1 aromatic heterocycles. The van der Waals surface area contributed by atoms with E-state index in [1.165, 1.54) is 4.70 Å². The van der Waals surface area contributed by atoms with Crippen molar-refractivity contribution in [3.8, 4) is 0 Å². The van der Waals surface area contributed by atoms with Crippen molar-refractivity contribution in [1.29, 1.82) is 0 Å². The summed E-state index contributed by atoms with van der Waals surface area (Å²) in [6.07, 6.45) is 0.778. The number of thiazole rings is 1. The van der Waals surface area contributed by atoms with Crippen LogP contribution < -0.4 is 0 Å². The SMILES string of the molecule is CC(C)(C)OC(=O)N1CC[C@H](Sc2nc3ccccc3s2)C1. The molecule has 0 saturated carbocycles. The van der Waals surface area contributed by atoms with Gasteiger partial charge in [-0.3, -0.25) is 0 Å². The summed E-state index contributed by atoms with van der Waals surface area (Å²) in [6, 6.07) is 8.18.